The van der Waals surface area contributed by atoms with Crippen molar-refractivity contribution in [3.63, 3.8) is 0 Å². The maximum Gasteiger partial charge on any atom is 0.222 e. The molecule has 1 atom stereocenters. The Labute approximate surface area is 186 Å². The number of methoxy groups -OCH3 is 1. The number of likely N-dealkylation sites (tertiary alicyclic amines) is 1. The van der Waals surface area contributed by atoms with Gasteiger partial charge in [0.2, 0.25) is 11.8 Å². The minimum absolute atomic E-state index is 0.0264. The number of amides is 1. The van der Waals surface area contributed by atoms with Gasteiger partial charge in [0.15, 0.2) is 0 Å². The summed E-state index contributed by atoms with van der Waals surface area (Å²) < 4.78 is 18.8. The average Bonchev–Trinajstić information content (AvgIpc) is 2.83. The predicted molar refractivity (Wildman–Crippen MR) is 120 cm³/mol. The molecule has 0 spiro atoms. The number of carbonyl (C=O) groups excluding carboxylic acids is 1. The Morgan fingerprint density at radius 3 is 2.84 bits per heavy atom. The van der Waals surface area contributed by atoms with E-state index >= 15 is 0 Å². The van der Waals surface area contributed by atoms with Crippen LogP contribution in [-0.2, 0) is 4.79 Å². The van der Waals surface area contributed by atoms with Gasteiger partial charge in [-0.1, -0.05) is 13.0 Å². The highest BCUT2D eigenvalue weighted by molar-refractivity contribution is 5.76. The van der Waals surface area contributed by atoms with E-state index in [1.54, 1.807) is 31.5 Å². The van der Waals surface area contributed by atoms with Crippen LogP contribution in [0, 0.1) is 5.82 Å². The number of hydrogen-bond donors (Lipinski definition) is 1. The maximum absolute atomic E-state index is 13.7. The highest BCUT2D eigenvalue weighted by Crippen LogP contribution is 2.30. The third-order valence-corrected chi connectivity index (χ3v) is 5.52. The number of anilines is 2. The molecule has 1 aliphatic rings. The Balaban J connectivity index is 1.70. The van der Waals surface area contributed by atoms with Crippen molar-refractivity contribution in [2.75, 3.05) is 25.5 Å². The zero-order chi connectivity index (χ0) is 22.5. The molecule has 2 aromatic heterocycles. The van der Waals surface area contributed by atoms with Crippen LogP contribution in [0.2, 0.25) is 0 Å². The van der Waals surface area contributed by atoms with Gasteiger partial charge in [-0.2, -0.15) is 0 Å². The second kappa shape index (κ2) is 9.72. The van der Waals surface area contributed by atoms with E-state index in [1.165, 1.54) is 12.1 Å². The number of ether oxygens (including phenoxy) is 1. The van der Waals surface area contributed by atoms with Crippen LogP contribution >= 0.6 is 0 Å². The van der Waals surface area contributed by atoms with Crippen molar-refractivity contribution in [2.24, 2.45) is 0 Å². The van der Waals surface area contributed by atoms with E-state index in [-0.39, 0.29) is 17.6 Å². The standard InChI is InChI=1S/C24H26FN5O2/c1-3-23(31)30-11-5-6-17(15-30)24-28-20(16-9-10-22(32-2)26-14-16)13-21(29-24)27-19-8-4-7-18(25)12-19/h4,7-10,12-14,17H,3,5-6,11,15H2,1-2H3,(H,27,28,29). The third-order valence-electron chi connectivity index (χ3n) is 5.52. The molecule has 1 aliphatic heterocycles. The maximum atomic E-state index is 13.7. The monoisotopic (exact) mass is 435 g/mol. The molecule has 0 radical (unpaired) electrons. The molecule has 1 unspecified atom stereocenters. The molecule has 7 nitrogen and oxygen atoms in total. The number of halogens is 1. The van der Waals surface area contributed by atoms with Crippen LogP contribution < -0.4 is 10.1 Å². The number of piperidine rings is 1. The van der Waals surface area contributed by atoms with Crippen molar-refractivity contribution < 1.29 is 13.9 Å². The summed E-state index contributed by atoms with van der Waals surface area (Å²) in [4.78, 5) is 28.0. The van der Waals surface area contributed by atoms with Crippen LogP contribution in [0.15, 0.2) is 48.7 Å². The van der Waals surface area contributed by atoms with Crippen molar-refractivity contribution in [1.82, 2.24) is 19.9 Å². The minimum atomic E-state index is -0.329. The largest absolute Gasteiger partial charge is 0.481 e. The molecule has 0 aliphatic carbocycles. The summed E-state index contributed by atoms with van der Waals surface area (Å²) in [5.41, 5.74) is 2.11. The molecule has 4 rings (SSSR count). The summed E-state index contributed by atoms with van der Waals surface area (Å²) in [6.45, 7) is 3.23. The molecular weight excluding hydrogens is 409 g/mol. The Kier molecular flexibility index (Phi) is 6.58. The topological polar surface area (TPSA) is 80.2 Å². The fraction of sp³-hybridized carbons (Fsp3) is 0.333. The molecule has 1 amide bonds. The number of nitrogens with zero attached hydrogens (tertiary/aromatic N) is 4. The second-order valence-corrected chi connectivity index (χ2v) is 7.75. The number of hydrogen-bond acceptors (Lipinski definition) is 6. The van der Waals surface area contributed by atoms with Crippen LogP contribution in [-0.4, -0.2) is 46.0 Å². The van der Waals surface area contributed by atoms with Crippen molar-refractivity contribution in [1.29, 1.82) is 0 Å². The van der Waals surface area contributed by atoms with Gasteiger partial charge < -0.3 is 15.0 Å². The summed E-state index contributed by atoms with van der Waals surface area (Å²) in [5, 5.41) is 3.19. The predicted octanol–water partition coefficient (Wildman–Crippen LogP) is 4.55. The summed E-state index contributed by atoms with van der Waals surface area (Å²) in [6.07, 6.45) is 3.99. The van der Waals surface area contributed by atoms with Crippen LogP contribution in [0.25, 0.3) is 11.3 Å². The number of benzene rings is 1. The number of nitrogens with one attached hydrogen (secondary N) is 1. The van der Waals surface area contributed by atoms with E-state index in [2.05, 4.69) is 10.3 Å². The van der Waals surface area contributed by atoms with Crippen LogP contribution in [0.3, 0.4) is 0 Å². The van der Waals surface area contributed by atoms with Gasteiger partial charge in [-0.25, -0.2) is 19.3 Å². The molecular formula is C24H26FN5O2. The van der Waals surface area contributed by atoms with Crippen molar-refractivity contribution in [3.05, 3.63) is 60.3 Å². The van der Waals surface area contributed by atoms with Crippen LogP contribution in [0.1, 0.15) is 37.9 Å². The zero-order valence-corrected chi connectivity index (χ0v) is 18.2. The van der Waals surface area contributed by atoms with Gasteiger partial charge in [0, 0.05) is 55.0 Å². The minimum Gasteiger partial charge on any atom is -0.481 e. The summed E-state index contributed by atoms with van der Waals surface area (Å²) in [5.74, 6) is 1.57. The average molecular weight is 436 g/mol. The molecule has 0 saturated carbocycles. The lowest BCUT2D eigenvalue weighted by molar-refractivity contribution is -0.132. The van der Waals surface area contributed by atoms with E-state index in [4.69, 9.17) is 14.7 Å². The first-order valence-electron chi connectivity index (χ1n) is 10.8. The lowest BCUT2D eigenvalue weighted by Crippen LogP contribution is -2.39. The molecule has 32 heavy (non-hydrogen) atoms. The van der Waals surface area contributed by atoms with Gasteiger partial charge in [-0.3, -0.25) is 4.79 Å². The SMILES string of the molecule is CCC(=O)N1CCCC(c2nc(Nc3cccc(F)c3)cc(-c3ccc(OC)nc3)n2)C1. The van der Waals surface area contributed by atoms with Gasteiger partial charge >= 0.3 is 0 Å². The first-order chi connectivity index (χ1) is 15.6. The molecule has 1 aromatic carbocycles. The fourth-order valence-electron chi connectivity index (χ4n) is 3.87. The van der Waals surface area contributed by atoms with E-state index < -0.39 is 0 Å². The molecule has 166 valence electrons. The highest BCUT2D eigenvalue weighted by atomic mass is 19.1. The van der Waals surface area contributed by atoms with Crippen LogP contribution in [0.5, 0.6) is 5.88 Å². The molecule has 0 bridgehead atoms. The van der Waals surface area contributed by atoms with Crippen molar-refractivity contribution in [2.45, 2.75) is 32.1 Å². The normalized spacial score (nSPS) is 16.0. The molecule has 8 heteroatoms. The van der Waals surface area contributed by atoms with E-state index in [9.17, 15) is 9.18 Å². The Morgan fingerprint density at radius 1 is 1.25 bits per heavy atom. The molecule has 3 heterocycles. The number of aromatic nitrogens is 3. The van der Waals surface area contributed by atoms with Crippen molar-refractivity contribution in [3.8, 4) is 17.1 Å². The van der Waals surface area contributed by atoms with E-state index in [0.717, 1.165) is 24.9 Å². The number of rotatable bonds is 6. The smallest absolute Gasteiger partial charge is 0.222 e. The van der Waals surface area contributed by atoms with E-state index in [0.29, 0.717) is 41.9 Å². The molecule has 1 fully saturated rings. The van der Waals surface area contributed by atoms with Gasteiger partial charge in [0.25, 0.3) is 0 Å². The molecule has 3 aromatic rings. The van der Waals surface area contributed by atoms with E-state index in [1.807, 2.05) is 24.0 Å². The first kappa shape index (κ1) is 21.7. The van der Waals surface area contributed by atoms with Gasteiger partial charge in [0.05, 0.1) is 12.8 Å². The van der Waals surface area contributed by atoms with Crippen LogP contribution in [0.4, 0.5) is 15.9 Å². The number of pyridine rings is 1. The second-order valence-electron chi connectivity index (χ2n) is 7.75. The fourth-order valence-corrected chi connectivity index (χ4v) is 3.87. The first-order valence-corrected chi connectivity index (χ1v) is 10.8. The lowest BCUT2D eigenvalue weighted by atomic mass is 9.96. The Bertz CT molecular complexity index is 1090. The zero-order valence-electron chi connectivity index (χ0n) is 18.2. The lowest BCUT2D eigenvalue weighted by Gasteiger charge is -2.32. The van der Waals surface area contributed by atoms with Gasteiger partial charge in [-0.15, -0.1) is 0 Å². The highest BCUT2D eigenvalue weighted by Gasteiger charge is 2.26. The summed E-state index contributed by atoms with van der Waals surface area (Å²) >= 11 is 0. The molecule has 1 N–H and O–H groups in total. The van der Waals surface area contributed by atoms with Gasteiger partial charge in [-0.05, 0) is 37.1 Å². The Morgan fingerprint density at radius 2 is 2.12 bits per heavy atom. The quantitative estimate of drug-likeness (QED) is 0.612. The van der Waals surface area contributed by atoms with Gasteiger partial charge in [0.1, 0.15) is 17.5 Å². The summed E-state index contributed by atoms with van der Waals surface area (Å²) in [6, 6.07) is 11.7. The summed E-state index contributed by atoms with van der Waals surface area (Å²) in [7, 11) is 1.57. The third kappa shape index (κ3) is 5.01. The molecule has 1 saturated heterocycles. The van der Waals surface area contributed by atoms with Crippen molar-refractivity contribution >= 4 is 17.4 Å². The number of carbonyl (C=O) groups is 1. The Hall–Kier alpha value is -3.55.